The van der Waals surface area contributed by atoms with Crippen molar-refractivity contribution in [1.82, 2.24) is 5.32 Å². The molecule has 3 N–H and O–H groups in total. The predicted molar refractivity (Wildman–Crippen MR) is 81.0 cm³/mol. The Bertz CT molecular complexity index is 539. The monoisotopic (exact) mass is 268 g/mol. The smallest absolute Gasteiger partial charge is 0.241 e. The molecule has 0 saturated heterocycles. The van der Waals surface area contributed by atoms with Crippen LogP contribution < -0.4 is 11.1 Å². The highest BCUT2D eigenvalue weighted by molar-refractivity contribution is 5.83. The molecule has 0 aliphatic carbocycles. The van der Waals surface area contributed by atoms with Gasteiger partial charge in [-0.3, -0.25) is 4.79 Å². The third kappa shape index (κ3) is 3.45. The van der Waals surface area contributed by atoms with E-state index in [1.165, 1.54) is 0 Å². The van der Waals surface area contributed by atoms with Gasteiger partial charge in [0.2, 0.25) is 5.91 Å². The van der Waals surface area contributed by atoms with Crippen LogP contribution in [-0.2, 0) is 4.79 Å². The summed E-state index contributed by atoms with van der Waals surface area (Å²) in [5, 5.41) is 3.02. The molecule has 0 spiro atoms. The van der Waals surface area contributed by atoms with Crippen molar-refractivity contribution >= 4 is 5.91 Å². The number of rotatable bonds is 5. The Hall–Kier alpha value is -2.13. The Kier molecular flexibility index (Phi) is 4.91. The second-order valence-corrected chi connectivity index (χ2v) is 4.77. The number of nitrogens with two attached hydrogens (primary N) is 1. The molecule has 0 radical (unpaired) electrons. The Labute approximate surface area is 119 Å². The van der Waals surface area contributed by atoms with Crippen molar-refractivity contribution in [2.45, 2.75) is 25.4 Å². The SMILES string of the molecule is CCC(NC(=O)C(N)c1ccccc1)c1ccccc1. The highest BCUT2D eigenvalue weighted by Crippen LogP contribution is 2.18. The first-order chi connectivity index (χ1) is 9.72. The molecule has 0 aliphatic rings. The number of benzene rings is 2. The van der Waals surface area contributed by atoms with Gasteiger partial charge in [-0.1, -0.05) is 67.6 Å². The molecule has 104 valence electrons. The van der Waals surface area contributed by atoms with Crippen LogP contribution in [0, 0.1) is 0 Å². The zero-order valence-electron chi connectivity index (χ0n) is 11.6. The summed E-state index contributed by atoms with van der Waals surface area (Å²) in [6, 6.07) is 18.7. The van der Waals surface area contributed by atoms with E-state index < -0.39 is 6.04 Å². The maximum Gasteiger partial charge on any atom is 0.241 e. The predicted octanol–water partition coefficient (Wildman–Crippen LogP) is 2.95. The fraction of sp³-hybridized carbons (Fsp3) is 0.235. The fourth-order valence-electron chi connectivity index (χ4n) is 2.18. The number of carbonyl (C=O) groups excluding carboxylic acids is 1. The minimum absolute atomic E-state index is 0.00142. The van der Waals surface area contributed by atoms with Crippen molar-refractivity contribution in [2.24, 2.45) is 5.73 Å². The Balaban J connectivity index is 2.06. The lowest BCUT2D eigenvalue weighted by molar-refractivity contribution is -0.123. The Morgan fingerprint density at radius 1 is 1.00 bits per heavy atom. The third-order valence-corrected chi connectivity index (χ3v) is 3.37. The van der Waals surface area contributed by atoms with Gasteiger partial charge in [0.15, 0.2) is 0 Å². The topological polar surface area (TPSA) is 55.1 Å². The van der Waals surface area contributed by atoms with E-state index in [4.69, 9.17) is 5.73 Å². The van der Waals surface area contributed by atoms with Gasteiger partial charge in [-0.15, -0.1) is 0 Å². The van der Waals surface area contributed by atoms with Gasteiger partial charge in [0, 0.05) is 0 Å². The highest BCUT2D eigenvalue weighted by Gasteiger charge is 2.19. The van der Waals surface area contributed by atoms with Crippen LogP contribution in [0.2, 0.25) is 0 Å². The summed E-state index contributed by atoms with van der Waals surface area (Å²) in [6.45, 7) is 2.05. The molecule has 2 aromatic carbocycles. The number of hydrogen-bond donors (Lipinski definition) is 2. The van der Waals surface area contributed by atoms with Gasteiger partial charge in [0.25, 0.3) is 0 Å². The molecule has 2 rings (SSSR count). The average molecular weight is 268 g/mol. The molecule has 0 heterocycles. The molecule has 20 heavy (non-hydrogen) atoms. The second-order valence-electron chi connectivity index (χ2n) is 4.77. The summed E-state index contributed by atoms with van der Waals surface area (Å²) in [6.07, 6.45) is 0.831. The van der Waals surface area contributed by atoms with Crippen LogP contribution in [0.1, 0.15) is 36.6 Å². The average Bonchev–Trinajstić information content (AvgIpc) is 2.53. The van der Waals surface area contributed by atoms with Crippen LogP contribution in [0.3, 0.4) is 0 Å². The first-order valence-electron chi connectivity index (χ1n) is 6.88. The fourth-order valence-corrected chi connectivity index (χ4v) is 2.18. The Morgan fingerprint density at radius 3 is 2.00 bits per heavy atom. The van der Waals surface area contributed by atoms with Crippen LogP contribution in [0.5, 0.6) is 0 Å². The molecule has 0 aromatic heterocycles. The van der Waals surface area contributed by atoms with E-state index in [0.29, 0.717) is 0 Å². The van der Waals surface area contributed by atoms with E-state index in [1.54, 1.807) is 0 Å². The molecule has 2 unspecified atom stereocenters. The molecule has 2 atom stereocenters. The van der Waals surface area contributed by atoms with Crippen LogP contribution in [-0.4, -0.2) is 5.91 Å². The van der Waals surface area contributed by atoms with Crippen molar-refractivity contribution in [3.63, 3.8) is 0 Å². The Morgan fingerprint density at radius 2 is 1.50 bits per heavy atom. The molecule has 0 fully saturated rings. The normalized spacial score (nSPS) is 13.5. The van der Waals surface area contributed by atoms with E-state index >= 15 is 0 Å². The van der Waals surface area contributed by atoms with E-state index in [1.807, 2.05) is 67.6 Å². The first kappa shape index (κ1) is 14.3. The minimum atomic E-state index is -0.631. The first-order valence-corrected chi connectivity index (χ1v) is 6.88. The highest BCUT2D eigenvalue weighted by atomic mass is 16.2. The number of carbonyl (C=O) groups is 1. The lowest BCUT2D eigenvalue weighted by atomic mass is 10.0. The molecule has 1 amide bonds. The van der Waals surface area contributed by atoms with E-state index in [0.717, 1.165) is 17.5 Å². The molecule has 0 aliphatic heterocycles. The summed E-state index contributed by atoms with van der Waals surface area (Å²) in [5.41, 5.74) is 7.93. The van der Waals surface area contributed by atoms with Crippen LogP contribution in [0.4, 0.5) is 0 Å². The summed E-state index contributed by atoms with van der Waals surface area (Å²) in [4.78, 5) is 12.2. The second kappa shape index (κ2) is 6.87. The van der Waals surface area contributed by atoms with Crippen LogP contribution in [0.25, 0.3) is 0 Å². The molecule has 0 saturated carbocycles. The summed E-state index contributed by atoms with van der Waals surface area (Å²) < 4.78 is 0. The molecule has 3 heteroatoms. The van der Waals surface area contributed by atoms with Gasteiger partial charge >= 0.3 is 0 Å². The zero-order valence-corrected chi connectivity index (χ0v) is 11.6. The van der Waals surface area contributed by atoms with E-state index in [-0.39, 0.29) is 11.9 Å². The van der Waals surface area contributed by atoms with Crippen molar-refractivity contribution in [2.75, 3.05) is 0 Å². The number of nitrogens with one attached hydrogen (secondary N) is 1. The minimum Gasteiger partial charge on any atom is -0.348 e. The van der Waals surface area contributed by atoms with Crippen molar-refractivity contribution in [3.8, 4) is 0 Å². The van der Waals surface area contributed by atoms with Gasteiger partial charge < -0.3 is 11.1 Å². The summed E-state index contributed by atoms with van der Waals surface area (Å²) in [7, 11) is 0. The number of hydrogen-bond acceptors (Lipinski definition) is 2. The van der Waals surface area contributed by atoms with Gasteiger partial charge in [0.05, 0.1) is 6.04 Å². The van der Waals surface area contributed by atoms with Crippen molar-refractivity contribution < 1.29 is 4.79 Å². The van der Waals surface area contributed by atoms with Crippen molar-refractivity contribution in [1.29, 1.82) is 0 Å². The third-order valence-electron chi connectivity index (χ3n) is 3.37. The summed E-state index contributed by atoms with van der Waals surface area (Å²) in [5.74, 6) is -0.146. The number of amides is 1. The molecule has 2 aromatic rings. The molecule has 0 bridgehead atoms. The van der Waals surface area contributed by atoms with Gasteiger partial charge in [-0.2, -0.15) is 0 Å². The molecule has 3 nitrogen and oxygen atoms in total. The van der Waals surface area contributed by atoms with Crippen LogP contribution >= 0.6 is 0 Å². The van der Waals surface area contributed by atoms with E-state index in [9.17, 15) is 4.79 Å². The maximum atomic E-state index is 12.2. The lowest BCUT2D eigenvalue weighted by Gasteiger charge is -2.20. The van der Waals surface area contributed by atoms with Crippen LogP contribution in [0.15, 0.2) is 60.7 Å². The van der Waals surface area contributed by atoms with Gasteiger partial charge in [-0.25, -0.2) is 0 Å². The largest absolute Gasteiger partial charge is 0.348 e. The maximum absolute atomic E-state index is 12.2. The molecular weight excluding hydrogens is 248 g/mol. The quantitative estimate of drug-likeness (QED) is 0.876. The lowest BCUT2D eigenvalue weighted by Crippen LogP contribution is -2.36. The molecular formula is C17H20N2O. The van der Waals surface area contributed by atoms with Gasteiger partial charge in [-0.05, 0) is 17.5 Å². The summed E-state index contributed by atoms with van der Waals surface area (Å²) >= 11 is 0. The zero-order chi connectivity index (χ0) is 14.4. The van der Waals surface area contributed by atoms with E-state index in [2.05, 4.69) is 5.32 Å². The van der Waals surface area contributed by atoms with Gasteiger partial charge in [0.1, 0.15) is 6.04 Å². The standard InChI is InChI=1S/C17H20N2O/c1-2-15(13-9-5-3-6-10-13)19-17(20)16(18)14-11-7-4-8-12-14/h3-12,15-16H,2,18H2,1H3,(H,19,20). The van der Waals surface area contributed by atoms with Crippen molar-refractivity contribution in [3.05, 3.63) is 71.8 Å².